The summed E-state index contributed by atoms with van der Waals surface area (Å²) in [5.74, 6) is 0.887. The van der Waals surface area contributed by atoms with E-state index in [1.54, 1.807) is 0 Å². The zero-order chi connectivity index (χ0) is 15.6. The van der Waals surface area contributed by atoms with E-state index >= 15 is 0 Å². The third kappa shape index (κ3) is 17.5. The molecule has 0 bridgehead atoms. The van der Waals surface area contributed by atoms with Gasteiger partial charge in [-0.15, -0.1) is 0 Å². The van der Waals surface area contributed by atoms with Crippen molar-refractivity contribution in [3.63, 3.8) is 0 Å². The monoisotopic (exact) mass is 311 g/mol. The summed E-state index contributed by atoms with van der Waals surface area (Å²) in [6.45, 7) is 2.27. The van der Waals surface area contributed by atoms with Crippen molar-refractivity contribution in [3.05, 3.63) is 0 Å². The maximum absolute atomic E-state index is 11.1. The number of unbranched alkanes of at least 4 members (excludes halogenated alkanes) is 12. The lowest BCUT2D eigenvalue weighted by Crippen LogP contribution is -1.91. The Labute approximate surface area is 136 Å². The van der Waals surface area contributed by atoms with Crippen LogP contribution in [0.2, 0.25) is 0 Å². The average molecular weight is 312 g/mol. The normalized spacial score (nSPS) is 10.5. The molecule has 122 valence electrons. The van der Waals surface area contributed by atoms with Crippen molar-refractivity contribution < 1.29 is 4.79 Å². The molecule has 0 spiro atoms. The SMILES string of the molecule is CCCCCCCCCCCCCCCSC(=O)CC#N. The fraction of sp³-hybridized carbons (Fsp3) is 0.889. The maximum Gasteiger partial charge on any atom is 0.202 e. The van der Waals surface area contributed by atoms with Gasteiger partial charge in [0.1, 0.15) is 6.42 Å². The van der Waals surface area contributed by atoms with Gasteiger partial charge in [-0.3, -0.25) is 4.79 Å². The van der Waals surface area contributed by atoms with E-state index in [0.717, 1.165) is 12.2 Å². The van der Waals surface area contributed by atoms with E-state index in [4.69, 9.17) is 5.26 Å². The van der Waals surface area contributed by atoms with E-state index in [-0.39, 0.29) is 11.5 Å². The lowest BCUT2D eigenvalue weighted by Gasteiger charge is -2.03. The molecule has 21 heavy (non-hydrogen) atoms. The van der Waals surface area contributed by atoms with Gasteiger partial charge < -0.3 is 0 Å². The van der Waals surface area contributed by atoms with E-state index < -0.39 is 0 Å². The Kier molecular flexibility index (Phi) is 17.2. The van der Waals surface area contributed by atoms with E-state index in [9.17, 15) is 4.79 Å². The number of carbonyl (C=O) groups excluding carboxylic acids is 1. The summed E-state index contributed by atoms with van der Waals surface area (Å²) in [4.78, 5) is 11.1. The van der Waals surface area contributed by atoms with Crippen molar-refractivity contribution in [2.75, 3.05) is 5.75 Å². The number of hydrogen-bond acceptors (Lipinski definition) is 3. The van der Waals surface area contributed by atoms with Gasteiger partial charge in [-0.25, -0.2) is 0 Å². The molecule has 0 radical (unpaired) electrons. The van der Waals surface area contributed by atoms with Crippen molar-refractivity contribution in [1.82, 2.24) is 0 Å². The van der Waals surface area contributed by atoms with Gasteiger partial charge in [-0.2, -0.15) is 5.26 Å². The summed E-state index contributed by atoms with van der Waals surface area (Å²) in [6.07, 6.45) is 17.6. The molecule has 0 unspecified atom stereocenters. The summed E-state index contributed by atoms with van der Waals surface area (Å²) in [5, 5.41) is 8.39. The van der Waals surface area contributed by atoms with Crippen LogP contribution in [0.1, 0.15) is 96.8 Å². The molecule has 0 saturated carbocycles. The molecule has 0 aliphatic heterocycles. The largest absolute Gasteiger partial charge is 0.286 e. The lowest BCUT2D eigenvalue weighted by atomic mass is 10.1. The Morgan fingerprint density at radius 1 is 0.810 bits per heavy atom. The Bertz CT molecular complexity index is 273. The molecule has 0 saturated heterocycles. The van der Waals surface area contributed by atoms with Crippen LogP contribution in [0.4, 0.5) is 0 Å². The quantitative estimate of drug-likeness (QED) is 0.335. The molecule has 0 rings (SSSR count). The standard InChI is InChI=1S/C18H33NOS/c1-2-3-4-5-6-7-8-9-10-11-12-13-14-17-21-18(20)15-16-19/h2-15,17H2,1H3. The topological polar surface area (TPSA) is 40.9 Å². The predicted octanol–water partition coefficient (Wildman–Crippen LogP) is 6.25. The Balaban J connectivity index is 3.03. The molecule has 0 aromatic rings. The second-order valence-corrected chi connectivity index (χ2v) is 6.95. The van der Waals surface area contributed by atoms with Gasteiger partial charge in [0.05, 0.1) is 6.07 Å². The molecule has 0 amide bonds. The fourth-order valence-electron chi connectivity index (χ4n) is 2.42. The minimum absolute atomic E-state index is 0.0245. The first-order valence-electron chi connectivity index (χ1n) is 8.83. The number of hydrogen-bond donors (Lipinski definition) is 0. The van der Waals surface area contributed by atoms with Crippen molar-refractivity contribution in [3.8, 4) is 6.07 Å². The highest BCUT2D eigenvalue weighted by Crippen LogP contribution is 2.14. The molecule has 3 heteroatoms. The number of nitriles is 1. The first-order valence-corrected chi connectivity index (χ1v) is 9.82. The molecule has 2 nitrogen and oxygen atoms in total. The van der Waals surface area contributed by atoms with E-state index in [2.05, 4.69) is 6.92 Å². The van der Waals surface area contributed by atoms with E-state index in [0.29, 0.717) is 0 Å². The first-order chi connectivity index (χ1) is 10.3. The third-order valence-corrected chi connectivity index (χ3v) is 4.69. The highest BCUT2D eigenvalue weighted by molar-refractivity contribution is 8.13. The molecule has 0 heterocycles. The maximum atomic E-state index is 11.1. The van der Waals surface area contributed by atoms with E-state index in [1.807, 2.05) is 6.07 Å². The molecule has 0 fully saturated rings. The highest BCUT2D eigenvalue weighted by Gasteiger charge is 2.00. The van der Waals surface area contributed by atoms with Crippen molar-refractivity contribution in [2.24, 2.45) is 0 Å². The minimum Gasteiger partial charge on any atom is -0.286 e. The van der Waals surface area contributed by atoms with Gasteiger partial charge in [-0.05, 0) is 6.42 Å². The first kappa shape index (κ1) is 20.5. The summed E-state index contributed by atoms with van der Waals surface area (Å²) in [6, 6.07) is 1.90. The predicted molar refractivity (Wildman–Crippen MR) is 93.4 cm³/mol. The summed E-state index contributed by atoms with van der Waals surface area (Å²) < 4.78 is 0. The zero-order valence-electron chi connectivity index (χ0n) is 13.9. The van der Waals surface area contributed by atoms with Crippen molar-refractivity contribution in [2.45, 2.75) is 96.8 Å². The average Bonchev–Trinajstić information content (AvgIpc) is 2.48. The van der Waals surface area contributed by atoms with Crippen LogP contribution in [0.25, 0.3) is 0 Å². The Hall–Kier alpha value is -0.490. The van der Waals surface area contributed by atoms with Crippen LogP contribution >= 0.6 is 11.8 Å². The van der Waals surface area contributed by atoms with Crippen LogP contribution in [0.5, 0.6) is 0 Å². The fourth-order valence-corrected chi connectivity index (χ4v) is 3.16. The van der Waals surface area contributed by atoms with Gasteiger partial charge in [-0.1, -0.05) is 95.7 Å². The molecule has 0 atom stereocenters. The van der Waals surface area contributed by atoms with Gasteiger partial charge in [0.15, 0.2) is 0 Å². The molecular weight excluding hydrogens is 278 g/mol. The molecular formula is C18H33NOS. The molecule has 0 aliphatic carbocycles. The number of thioether (sulfide) groups is 1. The number of rotatable bonds is 15. The molecule has 0 aromatic carbocycles. The summed E-state index contributed by atoms with van der Waals surface area (Å²) in [7, 11) is 0. The summed E-state index contributed by atoms with van der Waals surface area (Å²) in [5.41, 5.74) is 0. The molecule has 0 N–H and O–H groups in total. The zero-order valence-corrected chi connectivity index (χ0v) is 14.7. The molecule has 0 aliphatic rings. The Morgan fingerprint density at radius 2 is 1.24 bits per heavy atom. The highest BCUT2D eigenvalue weighted by atomic mass is 32.2. The van der Waals surface area contributed by atoms with Crippen LogP contribution in [0.3, 0.4) is 0 Å². The number of nitrogens with zero attached hydrogens (tertiary/aromatic N) is 1. The van der Waals surface area contributed by atoms with Crippen molar-refractivity contribution in [1.29, 1.82) is 5.26 Å². The van der Waals surface area contributed by atoms with Crippen molar-refractivity contribution >= 4 is 16.9 Å². The lowest BCUT2D eigenvalue weighted by molar-refractivity contribution is -0.110. The van der Waals surface area contributed by atoms with Crippen LogP contribution in [-0.4, -0.2) is 10.9 Å². The van der Waals surface area contributed by atoms with Crippen LogP contribution < -0.4 is 0 Å². The minimum atomic E-state index is 0.0245. The van der Waals surface area contributed by atoms with Gasteiger partial charge >= 0.3 is 0 Å². The van der Waals surface area contributed by atoms with Crippen LogP contribution in [0, 0.1) is 11.3 Å². The van der Waals surface area contributed by atoms with Gasteiger partial charge in [0.2, 0.25) is 5.12 Å². The van der Waals surface area contributed by atoms with Gasteiger partial charge in [0, 0.05) is 5.75 Å². The van der Waals surface area contributed by atoms with Crippen LogP contribution in [-0.2, 0) is 4.79 Å². The van der Waals surface area contributed by atoms with E-state index in [1.165, 1.54) is 88.8 Å². The molecule has 0 aromatic heterocycles. The second kappa shape index (κ2) is 17.6. The second-order valence-electron chi connectivity index (χ2n) is 5.80. The number of carbonyl (C=O) groups is 1. The van der Waals surface area contributed by atoms with Gasteiger partial charge in [0.25, 0.3) is 0 Å². The summed E-state index contributed by atoms with van der Waals surface area (Å²) >= 11 is 1.32. The van der Waals surface area contributed by atoms with Crippen LogP contribution in [0.15, 0.2) is 0 Å². The smallest absolute Gasteiger partial charge is 0.202 e. The Morgan fingerprint density at radius 3 is 1.67 bits per heavy atom. The third-order valence-electron chi connectivity index (χ3n) is 3.73.